The molecular weight excluding hydrogens is 196 g/mol. The van der Waals surface area contributed by atoms with Crippen molar-refractivity contribution in [3.8, 4) is 5.75 Å². The number of benzene rings is 1. The van der Waals surface area contributed by atoms with Crippen molar-refractivity contribution in [1.82, 2.24) is 0 Å². The van der Waals surface area contributed by atoms with Crippen LogP contribution in [-0.2, 0) is 0 Å². The summed E-state index contributed by atoms with van der Waals surface area (Å²) in [5.74, 6) is -0.356. The van der Waals surface area contributed by atoms with Crippen LogP contribution in [0.1, 0.15) is 0 Å². The minimum absolute atomic E-state index is 0.295. The lowest BCUT2D eigenvalue weighted by Crippen LogP contribution is -1.88. The highest BCUT2D eigenvalue weighted by Gasteiger charge is 2.18. The summed E-state index contributed by atoms with van der Waals surface area (Å²) in [6.07, 6.45) is 0. The highest BCUT2D eigenvalue weighted by molar-refractivity contribution is 6.35. The Morgan fingerprint density at radius 1 is 1.62 bits per heavy atom. The van der Waals surface area contributed by atoms with Crippen LogP contribution in [0, 0.1) is 16.7 Å². The fourth-order valence-electron chi connectivity index (χ4n) is 0.791. The van der Waals surface area contributed by atoms with Crippen LogP contribution in [0.3, 0.4) is 0 Å². The molecule has 0 aliphatic rings. The molecular formula is C7H3ClN2O3. The molecule has 0 spiro atoms. The van der Waals surface area contributed by atoms with Crippen LogP contribution in [0.5, 0.6) is 5.75 Å². The van der Waals surface area contributed by atoms with E-state index in [0.717, 1.165) is 12.1 Å². The molecule has 0 aliphatic heterocycles. The minimum atomic E-state index is -0.712. The Kier molecular flexibility index (Phi) is 2.35. The number of aromatic hydroxyl groups is 1. The zero-order valence-corrected chi connectivity index (χ0v) is 6.95. The van der Waals surface area contributed by atoms with Crippen molar-refractivity contribution in [2.75, 3.05) is 0 Å². The van der Waals surface area contributed by atoms with Crippen LogP contribution >= 0.6 is 11.6 Å². The van der Waals surface area contributed by atoms with E-state index < -0.39 is 4.92 Å². The van der Waals surface area contributed by atoms with Crippen molar-refractivity contribution in [2.24, 2.45) is 0 Å². The highest BCUT2D eigenvalue weighted by Crippen LogP contribution is 2.40. The van der Waals surface area contributed by atoms with Gasteiger partial charge in [-0.3, -0.25) is 10.1 Å². The average molecular weight is 199 g/mol. The van der Waals surface area contributed by atoms with Gasteiger partial charge in [0.1, 0.15) is 10.8 Å². The molecule has 1 aromatic carbocycles. The zero-order valence-electron chi connectivity index (χ0n) is 6.19. The van der Waals surface area contributed by atoms with Gasteiger partial charge in [-0.2, -0.15) is 0 Å². The number of phenolic OH excluding ortho intramolecular Hbond substituents is 1. The molecule has 13 heavy (non-hydrogen) atoms. The van der Waals surface area contributed by atoms with Gasteiger partial charge in [-0.05, 0) is 6.07 Å². The smallest absolute Gasteiger partial charge is 0.277 e. The normalized spacial score (nSPS) is 9.23. The summed E-state index contributed by atoms with van der Waals surface area (Å²) >= 11 is 5.49. The molecule has 0 aliphatic carbocycles. The van der Waals surface area contributed by atoms with Crippen LogP contribution in [-0.4, -0.2) is 10.0 Å². The lowest BCUT2D eigenvalue weighted by molar-refractivity contribution is -0.384. The van der Waals surface area contributed by atoms with Crippen LogP contribution in [0.4, 0.5) is 11.4 Å². The fourth-order valence-corrected chi connectivity index (χ4v) is 1.06. The Bertz CT molecular complexity index is 411. The molecule has 0 radical (unpaired) electrons. The van der Waals surface area contributed by atoms with Gasteiger partial charge < -0.3 is 5.11 Å². The largest absolute Gasteiger partial charge is 0.519 e. The summed E-state index contributed by atoms with van der Waals surface area (Å²) in [4.78, 5) is 12.5. The van der Waals surface area contributed by atoms with Gasteiger partial charge in [0, 0.05) is 6.07 Å². The average Bonchev–Trinajstić information content (AvgIpc) is 2.04. The second kappa shape index (κ2) is 3.29. The summed E-state index contributed by atoms with van der Waals surface area (Å²) in [6.45, 7) is 6.62. The van der Waals surface area contributed by atoms with E-state index in [1.165, 1.54) is 0 Å². The van der Waals surface area contributed by atoms with Crippen molar-refractivity contribution < 1.29 is 10.0 Å². The van der Waals surface area contributed by atoms with E-state index in [2.05, 4.69) is 4.85 Å². The number of phenols is 1. The van der Waals surface area contributed by atoms with E-state index in [0.29, 0.717) is 0 Å². The maximum absolute atomic E-state index is 10.3. The van der Waals surface area contributed by atoms with Gasteiger partial charge in [-0.15, -0.1) is 0 Å². The maximum Gasteiger partial charge on any atom is 0.277 e. The maximum atomic E-state index is 10.3. The van der Waals surface area contributed by atoms with E-state index in [-0.39, 0.29) is 22.1 Å². The number of nitro benzene ring substituents is 1. The summed E-state index contributed by atoms with van der Waals surface area (Å²) in [7, 11) is 0. The molecule has 1 rings (SSSR count). The molecule has 5 nitrogen and oxygen atoms in total. The van der Waals surface area contributed by atoms with Gasteiger partial charge in [0.25, 0.3) is 11.4 Å². The fraction of sp³-hybridized carbons (Fsp3) is 0. The molecule has 0 aromatic heterocycles. The Balaban J connectivity index is 3.47. The predicted molar refractivity (Wildman–Crippen MR) is 46.0 cm³/mol. The molecule has 6 heteroatoms. The van der Waals surface area contributed by atoms with Crippen LogP contribution in [0.15, 0.2) is 12.1 Å². The topological polar surface area (TPSA) is 67.7 Å². The lowest BCUT2D eigenvalue weighted by Gasteiger charge is -1.98. The first-order chi connectivity index (χ1) is 6.07. The Hall–Kier alpha value is -1.80. The van der Waals surface area contributed by atoms with E-state index in [4.69, 9.17) is 23.3 Å². The Morgan fingerprint density at radius 3 is 2.69 bits per heavy atom. The number of hydrogen-bond acceptors (Lipinski definition) is 3. The van der Waals surface area contributed by atoms with E-state index in [1.54, 1.807) is 0 Å². The standard InChI is InChI=1S/C7H3ClN2O3/c1-9-7-5(11)3-2-4(6(7)8)10(12)13/h2-3,11H. The van der Waals surface area contributed by atoms with Crippen molar-refractivity contribution >= 4 is 23.0 Å². The Morgan fingerprint density at radius 2 is 2.23 bits per heavy atom. The van der Waals surface area contributed by atoms with Crippen LogP contribution in [0.25, 0.3) is 4.85 Å². The predicted octanol–water partition coefficient (Wildman–Crippen LogP) is 2.50. The minimum Gasteiger partial charge on any atom is -0.519 e. The van der Waals surface area contributed by atoms with Gasteiger partial charge in [0.05, 0.1) is 11.5 Å². The van der Waals surface area contributed by atoms with E-state index >= 15 is 0 Å². The first-order valence-electron chi connectivity index (χ1n) is 3.11. The lowest BCUT2D eigenvalue weighted by atomic mass is 10.2. The van der Waals surface area contributed by atoms with Gasteiger partial charge in [0.2, 0.25) is 0 Å². The van der Waals surface area contributed by atoms with Gasteiger partial charge in [0.15, 0.2) is 0 Å². The second-order valence-electron chi connectivity index (χ2n) is 2.14. The summed E-state index contributed by atoms with van der Waals surface area (Å²) in [5, 5.41) is 19.1. The summed E-state index contributed by atoms with van der Waals surface area (Å²) in [5.41, 5.74) is -0.679. The molecule has 1 aromatic rings. The third-order valence-corrected chi connectivity index (χ3v) is 1.76. The number of hydrogen-bond donors (Lipinski definition) is 1. The Labute approximate surface area is 78.1 Å². The second-order valence-corrected chi connectivity index (χ2v) is 2.51. The van der Waals surface area contributed by atoms with Gasteiger partial charge in [-0.1, -0.05) is 11.6 Å². The molecule has 0 atom stereocenters. The van der Waals surface area contributed by atoms with Crippen LogP contribution < -0.4 is 0 Å². The summed E-state index contributed by atoms with van der Waals surface area (Å²) < 4.78 is 0. The van der Waals surface area contributed by atoms with Crippen LogP contribution in [0.2, 0.25) is 5.02 Å². The first kappa shape index (κ1) is 9.29. The first-order valence-corrected chi connectivity index (χ1v) is 3.49. The van der Waals surface area contributed by atoms with Gasteiger partial charge in [-0.25, -0.2) is 4.85 Å². The molecule has 0 unspecified atom stereocenters. The van der Waals surface area contributed by atoms with Crippen molar-refractivity contribution in [3.63, 3.8) is 0 Å². The highest BCUT2D eigenvalue weighted by atomic mass is 35.5. The number of nitrogens with zero attached hydrogens (tertiary/aromatic N) is 2. The zero-order chi connectivity index (χ0) is 10.0. The van der Waals surface area contributed by atoms with Crippen molar-refractivity contribution in [2.45, 2.75) is 0 Å². The number of halogens is 1. The third kappa shape index (κ3) is 1.53. The molecule has 0 heterocycles. The third-order valence-electron chi connectivity index (χ3n) is 1.38. The molecule has 0 saturated carbocycles. The molecule has 0 amide bonds. The SMILES string of the molecule is [C-]#[N+]c1c(O)ccc([N+](=O)[O-])c1Cl. The summed E-state index contributed by atoms with van der Waals surface area (Å²) in [6, 6.07) is 2.11. The van der Waals surface area contributed by atoms with Gasteiger partial charge >= 0.3 is 0 Å². The molecule has 0 bridgehead atoms. The number of rotatable bonds is 1. The monoisotopic (exact) mass is 198 g/mol. The van der Waals surface area contributed by atoms with E-state index in [9.17, 15) is 10.1 Å². The van der Waals surface area contributed by atoms with Crippen molar-refractivity contribution in [1.29, 1.82) is 0 Å². The van der Waals surface area contributed by atoms with E-state index in [1.807, 2.05) is 0 Å². The molecule has 0 saturated heterocycles. The molecule has 66 valence electrons. The quantitative estimate of drug-likeness (QED) is 0.428. The molecule has 0 fully saturated rings. The number of nitro groups is 1. The molecule has 1 N–H and O–H groups in total. The van der Waals surface area contributed by atoms with Crippen molar-refractivity contribution in [3.05, 3.63) is 38.7 Å².